The summed E-state index contributed by atoms with van der Waals surface area (Å²) < 4.78 is 12.4. The van der Waals surface area contributed by atoms with E-state index in [1.165, 1.54) is 10.9 Å². The van der Waals surface area contributed by atoms with E-state index in [0.29, 0.717) is 37.6 Å². The van der Waals surface area contributed by atoms with Crippen molar-refractivity contribution in [1.82, 2.24) is 9.88 Å². The maximum absolute atomic E-state index is 14.5. The number of hydrogen-bond donors (Lipinski definition) is 1. The summed E-state index contributed by atoms with van der Waals surface area (Å²) in [6.07, 6.45) is 2.80. The molecule has 0 fully saturated rings. The normalized spacial score (nSPS) is 11.1. The van der Waals surface area contributed by atoms with Crippen molar-refractivity contribution in [2.75, 3.05) is 6.54 Å². The topological polar surface area (TPSA) is 54.6 Å². The van der Waals surface area contributed by atoms with E-state index in [0.717, 1.165) is 45.1 Å². The summed E-state index contributed by atoms with van der Waals surface area (Å²) in [4.78, 5) is 19.8. The first-order chi connectivity index (χ1) is 23.2. The zero-order valence-electron chi connectivity index (χ0n) is 26.1. The molecule has 0 unspecified atom stereocenters. The molecule has 0 spiro atoms. The smallest absolute Gasteiger partial charge is 0.254 e. The quantitative estimate of drug-likeness (QED) is 0.149. The molecule has 0 radical (unpaired) electrons. The molecular weight excluding hydrogens is 580 g/mol. The molecule has 7 rings (SSSR count). The molecule has 0 bridgehead atoms. The Balaban J connectivity index is 1.11. The lowest BCUT2D eigenvalue weighted by atomic mass is 10.0. The van der Waals surface area contributed by atoms with Crippen molar-refractivity contribution in [1.29, 1.82) is 0 Å². The van der Waals surface area contributed by atoms with Gasteiger partial charge in [-0.15, -0.1) is 0 Å². The molecule has 0 aliphatic rings. The van der Waals surface area contributed by atoms with E-state index in [1.807, 2.05) is 108 Å². The molecule has 0 saturated heterocycles. The van der Waals surface area contributed by atoms with Gasteiger partial charge in [0.1, 0.15) is 24.7 Å². The van der Waals surface area contributed by atoms with E-state index in [1.54, 1.807) is 0 Å². The Hall–Kier alpha value is -5.81. The van der Waals surface area contributed by atoms with Crippen molar-refractivity contribution in [2.45, 2.75) is 26.2 Å². The van der Waals surface area contributed by atoms with Crippen LogP contribution in [0.5, 0.6) is 11.5 Å². The fraction of sp³-hybridized carbons (Fsp3) is 0.119. The molecule has 1 aromatic heterocycles. The third-order valence-corrected chi connectivity index (χ3v) is 8.49. The molecule has 0 atom stereocenters. The van der Waals surface area contributed by atoms with Gasteiger partial charge in [0, 0.05) is 35.6 Å². The molecule has 5 heteroatoms. The minimum absolute atomic E-state index is 0.0183. The van der Waals surface area contributed by atoms with Crippen LogP contribution in [0.1, 0.15) is 32.6 Å². The number of rotatable bonds is 12. The van der Waals surface area contributed by atoms with E-state index in [9.17, 15) is 4.79 Å². The zero-order valence-corrected chi connectivity index (χ0v) is 26.1. The Labute approximate surface area is 275 Å². The Morgan fingerprint density at radius 1 is 0.617 bits per heavy atom. The highest BCUT2D eigenvalue weighted by Gasteiger charge is 2.21. The molecule has 1 amide bonds. The molecule has 47 heavy (non-hydrogen) atoms. The number of nitrogens with one attached hydrogen (secondary N) is 1. The zero-order chi connectivity index (χ0) is 31.8. The van der Waals surface area contributed by atoms with Crippen LogP contribution in [0.3, 0.4) is 0 Å². The number of nitrogens with zero attached hydrogens (tertiary/aromatic N) is 1. The first kappa shape index (κ1) is 29.9. The van der Waals surface area contributed by atoms with Gasteiger partial charge in [-0.1, -0.05) is 115 Å². The van der Waals surface area contributed by atoms with Crippen LogP contribution in [0, 0.1) is 0 Å². The summed E-state index contributed by atoms with van der Waals surface area (Å²) >= 11 is 0. The molecule has 1 heterocycles. The molecule has 6 aromatic carbocycles. The van der Waals surface area contributed by atoms with E-state index in [-0.39, 0.29) is 5.91 Å². The van der Waals surface area contributed by atoms with Crippen LogP contribution in [0.15, 0.2) is 152 Å². The van der Waals surface area contributed by atoms with Crippen LogP contribution in [0.2, 0.25) is 0 Å². The molecule has 0 aliphatic heterocycles. The number of carbonyl (C=O) groups excluding carboxylic acids is 1. The van der Waals surface area contributed by atoms with Crippen LogP contribution in [0.25, 0.3) is 21.7 Å². The number of amides is 1. The molecule has 0 aliphatic carbocycles. The third-order valence-electron chi connectivity index (χ3n) is 8.49. The van der Waals surface area contributed by atoms with Gasteiger partial charge in [0.15, 0.2) is 0 Å². The van der Waals surface area contributed by atoms with E-state index >= 15 is 0 Å². The van der Waals surface area contributed by atoms with Crippen molar-refractivity contribution in [3.8, 4) is 11.5 Å². The van der Waals surface area contributed by atoms with Gasteiger partial charge in [0.2, 0.25) is 0 Å². The molecule has 5 nitrogen and oxygen atoms in total. The third kappa shape index (κ3) is 7.05. The van der Waals surface area contributed by atoms with Gasteiger partial charge >= 0.3 is 0 Å². The summed E-state index contributed by atoms with van der Waals surface area (Å²) in [5, 5.41) is 2.98. The lowest BCUT2D eigenvalue weighted by molar-refractivity contribution is 0.0747. The van der Waals surface area contributed by atoms with Gasteiger partial charge in [-0.3, -0.25) is 4.79 Å². The first-order valence-electron chi connectivity index (χ1n) is 16.0. The number of fused-ring (bicyclic) bond motifs is 2. The second-order valence-corrected chi connectivity index (χ2v) is 11.7. The number of aromatic amines is 1. The van der Waals surface area contributed by atoms with Crippen LogP contribution in [0.4, 0.5) is 0 Å². The number of hydrogen-bond acceptors (Lipinski definition) is 3. The highest BCUT2D eigenvalue weighted by atomic mass is 16.5. The van der Waals surface area contributed by atoms with Gasteiger partial charge in [-0.2, -0.15) is 0 Å². The Morgan fingerprint density at radius 3 is 2.06 bits per heavy atom. The average Bonchev–Trinajstić information content (AvgIpc) is 3.55. The summed E-state index contributed by atoms with van der Waals surface area (Å²) in [5.41, 5.74) is 6.17. The van der Waals surface area contributed by atoms with Crippen molar-refractivity contribution in [3.63, 3.8) is 0 Å². The summed E-state index contributed by atoms with van der Waals surface area (Å²) in [6, 6.07) is 48.4. The molecule has 1 N–H and O–H groups in total. The van der Waals surface area contributed by atoms with Crippen molar-refractivity contribution >= 4 is 27.6 Å². The molecular formula is C42H36N2O3. The standard InChI is InChI=1S/C42H36N2O3/c45-42(44(28-31-11-3-1-4-12-31)26-25-35-27-43-39-19-8-7-17-37(35)39)38-18-9-15-34-16-10-20-40(41(34)38)47-30-33-21-23-36(24-22-33)46-29-32-13-5-2-6-14-32/h1-24,27,43H,25-26,28-30H2. The van der Waals surface area contributed by atoms with Gasteiger partial charge < -0.3 is 19.4 Å². The minimum Gasteiger partial charge on any atom is -0.489 e. The van der Waals surface area contributed by atoms with E-state index in [2.05, 4.69) is 53.6 Å². The fourth-order valence-electron chi connectivity index (χ4n) is 6.01. The van der Waals surface area contributed by atoms with Crippen LogP contribution in [-0.4, -0.2) is 22.3 Å². The average molecular weight is 617 g/mol. The summed E-state index contributed by atoms with van der Waals surface area (Å²) in [7, 11) is 0. The Morgan fingerprint density at radius 2 is 1.28 bits per heavy atom. The number of aromatic nitrogens is 1. The molecule has 232 valence electrons. The van der Waals surface area contributed by atoms with Crippen LogP contribution in [-0.2, 0) is 26.2 Å². The number of benzene rings is 6. The van der Waals surface area contributed by atoms with E-state index in [4.69, 9.17) is 9.47 Å². The SMILES string of the molecule is O=C(c1cccc2cccc(OCc3ccc(OCc4ccccc4)cc3)c12)N(CCc1c[nH]c2ccccc12)Cc1ccccc1. The minimum atomic E-state index is -0.0183. The Kier molecular flexibility index (Phi) is 8.96. The molecule has 0 saturated carbocycles. The maximum Gasteiger partial charge on any atom is 0.254 e. The number of ether oxygens (including phenoxy) is 2. The summed E-state index contributed by atoms with van der Waals surface area (Å²) in [5.74, 6) is 1.48. The lowest BCUT2D eigenvalue weighted by Crippen LogP contribution is -2.32. The van der Waals surface area contributed by atoms with Crippen LogP contribution < -0.4 is 9.47 Å². The van der Waals surface area contributed by atoms with Gasteiger partial charge in [0.25, 0.3) is 5.91 Å². The van der Waals surface area contributed by atoms with Gasteiger partial charge in [-0.25, -0.2) is 0 Å². The number of carbonyl (C=O) groups is 1. The maximum atomic E-state index is 14.5. The fourth-order valence-corrected chi connectivity index (χ4v) is 6.01. The molecule has 7 aromatic rings. The summed E-state index contributed by atoms with van der Waals surface area (Å²) in [6.45, 7) is 1.98. The van der Waals surface area contributed by atoms with Crippen LogP contribution >= 0.6 is 0 Å². The van der Waals surface area contributed by atoms with Gasteiger partial charge in [0.05, 0.1) is 5.56 Å². The second-order valence-electron chi connectivity index (χ2n) is 11.7. The predicted octanol–water partition coefficient (Wildman–Crippen LogP) is 9.36. The lowest BCUT2D eigenvalue weighted by Gasteiger charge is -2.24. The monoisotopic (exact) mass is 616 g/mol. The number of H-pyrrole nitrogens is 1. The van der Waals surface area contributed by atoms with E-state index < -0.39 is 0 Å². The highest BCUT2D eigenvalue weighted by molar-refractivity contribution is 6.09. The predicted molar refractivity (Wildman–Crippen MR) is 189 cm³/mol. The largest absolute Gasteiger partial charge is 0.489 e. The highest BCUT2D eigenvalue weighted by Crippen LogP contribution is 2.31. The van der Waals surface area contributed by atoms with Crippen molar-refractivity contribution < 1.29 is 14.3 Å². The second kappa shape index (κ2) is 14.1. The first-order valence-corrected chi connectivity index (χ1v) is 16.0. The van der Waals surface area contributed by atoms with Gasteiger partial charge in [-0.05, 0) is 64.4 Å². The Bertz CT molecular complexity index is 2080. The van der Waals surface area contributed by atoms with Crippen molar-refractivity contribution in [3.05, 3.63) is 180 Å². The number of para-hydroxylation sites is 1. The van der Waals surface area contributed by atoms with Crippen molar-refractivity contribution in [2.24, 2.45) is 0 Å².